The quantitative estimate of drug-likeness (QED) is 0.494. The molecular formula is C11H20O5. The summed E-state index contributed by atoms with van der Waals surface area (Å²) in [7, 11) is 0. The van der Waals surface area contributed by atoms with E-state index in [1.807, 2.05) is 6.92 Å². The molecule has 0 radical (unpaired) electrons. The number of ether oxygens (including phenoxy) is 1. The van der Waals surface area contributed by atoms with E-state index in [1.165, 1.54) is 0 Å². The maximum absolute atomic E-state index is 11.8. The highest BCUT2D eigenvalue weighted by atomic mass is 16.9. The summed E-state index contributed by atoms with van der Waals surface area (Å²) in [6.07, 6.45) is 2.46. The van der Waals surface area contributed by atoms with E-state index in [2.05, 4.69) is 4.74 Å². The SMILES string of the molecule is CCCC1(C(=O)OC(O)(O)O)CCCCC1. The molecule has 1 fully saturated rings. The monoisotopic (exact) mass is 232 g/mol. The van der Waals surface area contributed by atoms with E-state index in [4.69, 9.17) is 15.3 Å². The van der Waals surface area contributed by atoms with Crippen LogP contribution in [0, 0.1) is 5.41 Å². The first kappa shape index (κ1) is 13.4. The average molecular weight is 232 g/mol. The van der Waals surface area contributed by atoms with Gasteiger partial charge in [-0.05, 0) is 19.3 Å². The highest BCUT2D eigenvalue weighted by Gasteiger charge is 2.43. The van der Waals surface area contributed by atoms with Crippen LogP contribution in [0.1, 0.15) is 51.9 Å². The second-order valence-corrected chi connectivity index (χ2v) is 4.55. The van der Waals surface area contributed by atoms with Gasteiger partial charge in [0.15, 0.2) is 0 Å². The van der Waals surface area contributed by atoms with Gasteiger partial charge < -0.3 is 20.1 Å². The topological polar surface area (TPSA) is 87.0 Å². The molecule has 0 aromatic carbocycles. The standard InChI is InChI=1S/C11H20O5/c1-2-6-10(7-4-3-5-8-10)9(12)16-11(13,14)15/h13-15H,2-8H2,1H3. The van der Waals surface area contributed by atoms with Crippen molar-refractivity contribution in [1.29, 1.82) is 0 Å². The second kappa shape index (κ2) is 5.12. The second-order valence-electron chi connectivity index (χ2n) is 4.55. The number of carbonyl (C=O) groups is 1. The summed E-state index contributed by atoms with van der Waals surface area (Å²) in [4.78, 5) is 11.8. The molecule has 1 rings (SSSR count). The minimum Gasteiger partial charge on any atom is -0.384 e. The van der Waals surface area contributed by atoms with E-state index in [-0.39, 0.29) is 0 Å². The molecule has 94 valence electrons. The van der Waals surface area contributed by atoms with Crippen molar-refractivity contribution in [2.45, 2.75) is 58.0 Å². The fourth-order valence-electron chi connectivity index (χ4n) is 2.50. The average Bonchev–Trinajstić information content (AvgIpc) is 2.17. The minimum atomic E-state index is -3.35. The zero-order chi connectivity index (χ0) is 12.2. The zero-order valence-corrected chi connectivity index (χ0v) is 9.61. The molecule has 0 unspecified atom stereocenters. The molecule has 1 aliphatic carbocycles. The summed E-state index contributed by atoms with van der Waals surface area (Å²) in [6.45, 7) is 1.97. The third-order valence-electron chi connectivity index (χ3n) is 3.20. The van der Waals surface area contributed by atoms with Gasteiger partial charge in [-0.25, -0.2) is 0 Å². The van der Waals surface area contributed by atoms with E-state index >= 15 is 0 Å². The van der Waals surface area contributed by atoms with Crippen molar-refractivity contribution >= 4 is 5.97 Å². The van der Waals surface area contributed by atoms with Crippen molar-refractivity contribution in [3.63, 3.8) is 0 Å². The van der Waals surface area contributed by atoms with E-state index in [9.17, 15) is 4.79 Å². The normalized spacial score (nSPS) is 20.5. The van der Waals surface area contributed by atoms with Gasteiger partial charge in [-0.15, -0.1) is 0 Å². The maximum atomic E-state index is 11.8. The Bertz CT molecular complexity index is 232. The molecule has 0 amide bonds. The Hall–Kier alpha value is -0.650. The summed E-state index contributed by atoms with van der Waals surface area (Å²) in [5, 5.41) is 26.0. The first-order valence-corrected chi connectivity index (χ1v) is 5.80. The third kappa shape index (κ3) is 3.43. The van der Waals surface area contributed by atoms with Crippen LogP contribution in [-0.2, 0) is 9.53 Å². The largest absolute Gasteiger partial charge is 0.455 e. The van der Waals surface area contributed by atoms with Crippen LogP contribution in [0.2, 0.25) is 0 Å². The number of rotatable bonds is 4. The molecule has 0 spiro atoms. The van der Waals surface area contributed by atoms with E-state index in [1.54, 1.807) is 0 Å². The van der Waals surface area contributed by atoms with Crippen LogP contribution in [0.15, 0.2) is 0 Å². The smallest absolute Gasteiger partial charge is 0.384 e. The molecule has 16 heavy (non-hydrogen) atoms. The van der Waals surface area contributed by atoms with E-state index in [0.29, 0.717) is 19.3 Å². The molecule has 0 aromatic rings. The Labute approximate surface area is 95.0 Å². The van der Waals surface area contributed by atoms with Gasteiger partial charge in [-0.3, -0.25) is 4.79 Å². The molecule has 0 saturated heterocycles. The molecule has 0 aliphatic heterocycles. The molecule has 1 saturated carbocycles. The molecule has 5 heteroatoms. The molecule has 1 aliphatic rings. The Morgan fingerprint density at radius 3 is 2.25 bits per heavy atom. The lowest BCUT2D eigenvalue weighted by molar-refractivity contribution is -0.437. The molecular weight excluding hydrogens is 212 g/mol. The van der Waals surface area contributed by atoms with Crippen LogP contribution in [0.3, 0.4) is 0 Å². The van der Waals surface area contributed by atoms with Crippen molar-refractivity contribution in [3.05, 3.63) is 0 Å². The first-order chi connectivity index (χ1) is 7.40. The lowest BCUT2D eigenvalue weighted by Gasteiger charge is -2.35. The molecule has 0 bridgehead atoms. The summed E-state index contributed by atoms with van der Waals surface area (Å²) >= 11 is 0. The lowest BCUT2D eigenvalue weighted by atomic mass is 9.71. The summed E-state index contributed by atoms with van der Waals surface area (Å²) in [6, 6.07) is 0. The van der Waals surface area contributed by atoms with E-state index < -0.39 is 17.5 Å². The number of esters is 1. The Kier molecular flexibility index (Phi) is 4.29. The summed E-state index contributed by atoms with van der Waals surface area (Å²) in [5.41, 5.74) is -0.646. The number of aliphatic hydroxyl groups is 3. The minimum absolute atomic E-state index is 0.646. The van der Waals surface area contributed by atoms with Gasteiger partial charge in [0.2, 0.25) is 0 Å². The van der Waals surface area contributed by atoms with Gasteiger partial charge in [-0.2, -0.15) is 0 Å². The highest BCUT2D eigenvalue weighted by Crippen LogP contribution is 2.41. The van der Waals surface area contributed by atoms with E-state index in [0.717, 1.165) is 25.7 Å². The molecule has 5 nitrogen and oxygen atoms in total. The molecule has 0 heterocycles. The summed E-state index contributed by atoms with van der Waals surface area (Å²) < 4.78 is 4.26. The predicted octanol–water partition coefficient (Wildman–Crippen LogP) is 0.868. The van der Waals surface area contributed by atoms with Gasteiger partial charge in [0, 0.05) is 0 Å². The van der Waals surface area contributed by atoms with Crippen molar-refractivity contribution in [2.75, 3.05) is 0 Å². The van der Waals surface area contributed by atoms with Crippen LogP contribution in [0.4, 0.5) is 0 Å². The number of hydrogen-bond donors (Lipinski definition) is 3. The van der Waals surface area contributed by atoms with Gasteiger partial charge >= 0.3 is 12.1 Å². The molecule has 0 aromatic heterocycles. The molecule has 3 N–H and O–H groups in total. The van der Waals surface area contributed by atoms with Crippen molar-refractivity contribution in [1.82, 2.24) is 0 Å². The van der Waals surface area contributed by atoms with Gasteiger partial charge in [0.1, 0.15) is 0 Å². The number of carbonyl (C=O) groups excluding carboxylic acids is 1. The van der Waals surface area contributed by atoms with Crippen LogP contribution in [0.5, 0.6) is 0 Å². The first-order valence-electron chi connectivity index (χ1n) is 5.80. The predicted molar refractivity (Wildman–Crippen MR) is 55.9 cm³/mol. The van der Waals surface area contributed by atoms with Crippen LogP contribution >= 0.6 is 0 Å². The van der Waals surface area contributed by atoms with Crippen LogP contribution < -0.4 is 0 Å². The Morgan fingerprint density at radius 1 is 1.25 bits per heavy atom. The lowest BCUT2D eigenvalue weighted by Crippen LogP contribution is -2.42. The zero-order valence-electron chi connectivity index (χ0n) is 9.61. The molecule has 0 atom stereocenters. The fourth-order valence-corrected chi connectivity index (χ4v) is 2.50. The Balaban J connectivity index is 2.72. The Morgan fingerprint density at radius 2 is 1.81 bits per heavy atom. The highest BCUT2D eigenvalue weighted by molar-refractivity contribution is 5.77. The fraction of sp³-hybridized carbons (Fsp3) is 0.909. The van der Waals surface area contributed by atoms with Crippen molar-refractivity contribution in [2.24, 2.45) is 5.41 Å². The number of hydrogen-bond acceptors (Lipinski definition) is 5. The maximum Gasteiger partial charge on any atom is 0.455 e. The van der Waals surface area contributed by atoms with Crippen molar-refractivity contribution < 1.29 is 24.9 Å². The third-order valence-corrected chi connectivity index (χ3v) is 3.20. The van der Waals surface area contributed by atoms with Gasteiger partial charge in [0.05, 0.1) is 5.41 Å². The van der Waals surface area contributed by atoms with Crippen LogP contribution in [0.25, 0.3) is 0 Å². The van der Waals surface area contributed by atoms with Crippen LogP contribution in [-0.4, -0.2) is 27.4 Å². The van der Waals surface area contributed by atoms with Gasteiger partial charge in [0.25, 0.3) is 0 Å². The van der Waals surface area contributed by atoms with Crippen molar-refractivity contribution in [3.8, 4) is 0 Å². The van der Waals surface area contributed by atoms with Gasteiger partial charge in [-0.1, -0.05) is 32.6 Å². The summed E-state index contributed by atoms with van der Waals surface area (Å²) in [5.74, 6) is -0.707.